The number of aliphatic hydroxyl groups excluding tert-OH is 1. The Morgan fingerprint density at radius 2 is 1.74 bits per heavy atom. The average Bonchev–Trinajstić information content (AvgIpc) is 2.40. The average molecular weight is 256 g/mol. The van der Waals surface area contributed by atoms with Crippen LogP contribution in [-0.2, 0) is 13.2 Å². The largest absolute Gasteiger partial charge is 0.488 e. The molecule has 0 saturated heterocycles. The molecule has 0 atom stereocenters. The van der Waals surface area contributed by atoms with Gasteiger partial charge in [-0.2, -0.15) is 0 Å². The Kier molecular flexibility index (Phi) is 4.23. The fraction of sp³-hybridized carbons (Fsp3) is 0.294. The van der Waals surface area contributed by atoms with E-state index in [0.717, 1.165) is 16.9 Å². The first kappa shape index (κ1) is 13.6. The summed E-state index contributed by atoms with van der Waals surface area (Å²) in [6.07, 6.45) is 0. The van der Waals surface area contributed by atoms with Gasteiger partial charge < -0.3 is 9.84 Å². The molecule has 0 aliphatic rings. The van der Waals surface area contributed by atoms with Crippen LogP contribution in [0.1, 0.15) is 27.8 Å². The molecule has 0 saturated carbocycles. The molecule has 0 aliphatic carbocycles. The molecule has 19 heavy (non-hydrogen) atoms. The highest BCUT2D eigenvalue weighted by Gasteiger charge is 2.07. The van der Waals surface area contributed by atoms with E-state index >= 15 is 0 Å². The van der Waals surface area contributed by atoms with Crippen molar-refractivity contribution >= 4 is 0 Å². The maximum atomic E-state index is 9.36. The van der Waals surface area contributed by atoms with Crippen molar-refractivity contribution in [3.63, 3.8) is 0 Å². The Morgan fingerprint density at radius 1 is 0.947 bits per heavy atom. The summed E-state index contributed by atoms with van der Waals surface area (Å²) in [5, 5.41) is 9.36. The number of aryl methyl sites for hydroxylation is 3. The van der Waals surface area contributed by atoms with E-state index in [9.17, 15) is 5.11 Å². The molecular formula is C17H20O2. The second-order valence-electron chi connectivity index (χ2n) is 4.94. The van der Waals surface area contributed by atoms with Gasteiger partial charge in [0.1, 0.15) is 12.4 Å². The molecule has 0 fully saturated rings. The predicted molar refractivity (Wildman–Crippen MR) is 77.3 cm³/mol. The number of hydrogen-bond donors (Lipinski definition) is 1. The molecule has 100 valence electrons. The minimum Gasteiger partial charge on any atom is -0.488 e. The lowest BCUT2D eigenvalue weighted by Crippen LogP contribution is -2.02. The lowest BCUT2D eigenvalue weighted by molar-refractivity contribution is 0.258. The van der Waals surface area contributed by atoms with Gasteiger partial charge in [-0.3, -0.25) is 0 Å². The van der Waals surface area contributed by atoms with Crippen LogP contribution in [0.2, 0.25) is 0 Å². The molecule has 1 N–H and O–H groups in total. The van der Waals surface area contributed by atoms with E-state index in [-0.39, 0.29) is 6.61 Å². The summed E-state index contributed by atoms with van der Waals surface area (Å²) < 4.78 is 5.92. The lowest BCUT2D eigenvalue weighted by atomic mass is 10.1. The highest BCUT2D eigenvalue weighted by atomic mass is 16.5. The van der Waals surface area contributed by atoms with E-state index < -0.39 is 0 Å². The number of benzene rings is 2. The van der Waals surface area contributed by atoms with E-state index in [4.69, 9.17) is 4.74 Å². The first-order valence-corrected chi connectivity index (χ1v) is 6.50. The van der Waals surface area contributed by atoms with Gasteiger partial charge in [-0.25, -0.2) is 0 Å². The second kappa shape index (κ2) is 5.89. The van der Waals surface area contributed by atoms with Gasteiger partial charge in [-0.1, -0.05) is 42.0 Å². The monoisotopic (exact) mass is 256 g/mol. The fourth-order valence-corrected chi connectivity index (χ4v) is 2.15. The van der Waals surface area contributed by atoms with Crippen LogP contribution >= 0.6 is 0 Å². The molecule has 0 aliphatic heterocycles. The zero-order valence-electron chi connectivity index (χ0n) is 11.7. The SMILES string of the molecule is Cc1ccc(C)c(COc2c(C)cccc2CO)c1. The maximum Gasteiger partial charge on any atom is 0.128 e. The van der Waals surface area contributed by atoms with Gasteiger partial charge in [-0.15, -0.1) is 0 Å². The van der Waals surface area contributed by atoms with E-state index in [1.54, 1.807) is 0 Å². The number of aliphatic hydroxyl groups is 1. The zero-order valence-corrected chi connectivity index (χ0v) is 11.7. The number of para-hydroxylation sites is 1. The Bertz CT molecular complexity index is 573. The Balaban J connectivity index is 2.21. The minimum absolute atomic E-state index is 0.00378. The van der Waals surface area contributed by atoms with Crippen molar-refractivity contribution < 1.29 is 9.84 Å². The topological polar surface area (TPSA) is 29.5 Å². The van der Waals surface area contributed by atoms with Crippen LogP contribution in [-0.4, -0.2) is 5.11 Å². The van der Waals surface area contributed by atoms with Crippen LogP contribution in [0.25, 0.3) is 0 Å². The molecule has 2 rings (SSSR count). The molecule has 0 radical (unpaired) electrons. The first-order chi connectivity index (χ1) is 9.11. The quantitative estimate of drug-likeness (QED) is 0.904. The van der Waals surface area contributed by atoms with Crippen LogP contribution in [0.15, 0.2) is 36.4 Å². The van der Waals surface area contributed by atoms with Crippen LogP contribution < -0.4 is 4.74 Å². The van der Waals surface area contributed by atoms with E-state index in [2.05, 4.69) is 32.0 Å². The molecule has 2 heteroatoms. The van der Waals surface area contributed by atoms with Crippen molar-refractivity contribution in [1.82, 2.24) is 0 Å². The van der Waals surface area contributed by atoms with Crippen LogP contribution in [0, 0.1) is 20.8 Å². The highest BCUT2D eigenvalue weighted by Crippen LogP contribution is 2.25. The molecule has 2 aromatic carbocycles. The van der Waals surface area contributed by atoms with Gasteiger partial charge in [0, 0.05) is 5.56 Å². The Labute approximate surface area is 114 Å². The molecule has 0 aromatic heterocycles. The predicted octanol–water partition coefficient (Wildman–Crippen LogP) is 3.68. The van der Waals surface area contributed by atoms with Gasteiger partial charge in [0.2, 0.25) is 0 Å². The van der Waals surface area contributed by atoms with E-state index in [1.165, 1.54) is 16.7 Å². The Morgan fingerprint density at radius 3 is 2.47 bits per heavy atom. The van der Waals surface area contributed by atoms with Crippen molar-refractivity contribution in [2.75, 3.05) is 0 Å². The molecule has 0 bridgehead atoms. The van der Waals surface area contributed by atoms with Gasteiger partial charge in [0.15, 0.2) is 0 Å². The van der Waals surface area contributed by atoms with Crippen molar-refractivity contribution in [1.29, 1.82) is 0 Å². The zero-order chi connectivity index (χ0) is 13.8. The van der Waals surface area contributed by atoms with Crippen molar-refractivity contribution in [3.05, 3.63) is 64.2 Å². The standard InChI is InChI=1S/C17H20O2/c1-12-7-8-13(2)16(9-12)11-19-17-14(3)5-4-6-15(17)10-18/h4-9,18H,10-11H2,1-3H3. The summed E-state index contributed by atoms with van der Waals surface area (Å²) in [5.41, 5.74) is 5.54. The van der Waals surface area contributed by atoms with Crippen LogP contribution in [0.4, 0.5) is 0 Å². The first-order valence-electron chi connectivity index (χ1n) is 6.50. The molecule has 0 unspecified atom stereocenters. The van der Waals surface area contributed by atoms with Crippen molar-refractivity contribution in [2.24, 2.45) is 0 Å². The normalized spacial score (nSPS) is 10.5. The summed E-state index contributed by atoms with van der Waals surface area (Å²) in [4.78, 5) is 0. The van der Waals surface area contributed by atoms with Crippen molar-refractivity contribution in [2.45, 2.75) is 34.0 Å². The number of hydrogen-bond acceptors (Lipinski definition) is 2. The molecule has 0 heterocycles. The molecule has 2 aromatic rings. The fourth-order valence-electron chi connectivity index (χ4n) is 2.15. The minimum atomic E-state index is 0.00378. The van der Waals surface area contributed by atoms with E-state index in [1.807, 2.05) is 25.1 Å². The summed E-state index contributed by atoms with van der Waals surface area (Å²) in [5.74, 6) is 0.797. The second-order valence-corrected chi connectivity index (χ2v) is 4.94. The third kappa shape index (κ3) is 3.15. The van der Waals surface area contributed by atoms with Crippen molar-refractivity contribution in [3.8, 4) is 5.75 Å². The van der Waals surface area contributed by atoms with Gasteiger partial charge in [0.25, 0.3) is 0 Å². The summed E-state index contributed by atoms with van der Waals surface area (Å²) >= 11 is 0. The summed E-state index contributed by atoms with van der Waals surface area (Å²) in [7, 11) is 0. The smallest absolute Gasteiger partial charge is 0.128 e. The molecule has 0 amide bonds. The lowest BCUT2D eigenvalue weighted by Gasteiger charge is -2.14. The number of ether oxygens (including phenoxy) is 1. The maximum absolute atomic E-state index is 9.36. The third-order valence-corrected chi connectivity index (χ3v) is 3.34. The van der Waals surface area contributed by atoms with Gasteiger partial charge in [-0.05, 0) is 37.5 Å². The molecule has 0 spiro atoms. The highest BCUT2D eigenvalue weighted by molar-refractivity contribution is 5.41. The molecule has 2 nitrogen and oxygen atoms in total. The van der Waals surface area contributed by atoms with Gasteiger partial charge >= 0.3 is 0 Å². The number of rotatable bonds is 4. The Hall–Kier alpha value is -1.80. The molecular weight excluding hydrogens is 236 g/mol. The van der Waals surface area contributed by atoms with Gasteiger partial charge in [0.05, 0.1) is 6.61 Å². The third-order valence-electron chi connectivity index (χ3n) is 3.34. The summed E-state index contributed by atoms with van der Waals surface area (Å²) in [6.45, 7) is 6.70. The van der Waals surface area contributed by atoms with E-state index in [0.29, 0.717) is 6.61 Å². The summed E-state index contributed by atoms with van der Waals surface area (Å²) in [6, 6.07) is 12.2. The van der Waals surface area contributed by atoms with Crippen LogP contribution in [0.5, 0.6) is 5.75 Å². The van der Waals surface area contributed by atoms with Crippen LogP contribution in [0.3, 0.4) is 0 Å².